The molecule has 0 aromatic heterocycles. The zero-order chi connectivity index (χ0) is 23.8. The second kappa shape index (κ2) is 11.3. The van der Waals surface area contributed by atoms with Gasteiger partial charge in [-0.25, -0.2) is 0 Å². The molecule has 2 amide bonds. The van der Waals surface area contributed by atoms with Crippen molar-refractivity contribution in [1.82, 2.24) is 5.32 Å². The summed E-state index contributed by atoms with van der Waals surface area (Å²) in [5, 5.41) is 5.93. The number of hydrogen-bond acceptors (Lipinski definition) is 3. The summed E-state index contributed by atoms with van der Waals surface area (Å²) in [7, 11) is 0. The highest BCUT2D eigenvalue weighted by Crippen LogP contribution is 2.29. The summed E-state index contributed by atoms with van der Waals surface area (Å²) >= 11 is 0. The fourth-order valence-corrected chi connectivity index (χ4v) is 4.11. The minimum atomic E-state index is -0.237. The maximum atomic E-state index is 13.2. The largest absolute Gasteiger partial charge is 0.371 e. The molecule has 4 rings (SSSR count). The highest BCUT2D eigenvalue weighted by atomic mass is 16.2. The molecule has 0 bridgehead atoms. The van der Waals surface area contributed by atoms with E-state index in [2.05, 4.69) is 22.5 Å². The Bertz CT molecular complexity index is 1130. The van der Waals surface area contributed by atoms with Gasteiger partial charge in [-0.2, -0.15) is 0 Å². The Morgan fingerprint density at radius 1 is 0.941 bits per heavy atom. The van der Waals surface area contributed by atoms with E-state index in [1.165, 1.54) is 6.08 Å². The maximum Gasteiger partial charge on any atom is 0.253 e. The van der Waals surface area contributed by atoms with Crippen LogP contribution in [0.2, 0.25) is 0 Å². The monoisotopic (exact) mass is 453 g/mol. The lowest BCUT2D eigenvalue weighted by Crippen LogP contribution is -2.35. The summed E-state index contributed by atoms with van der Waals surface area (Å²) in [6, 6.07) is 25.1. The molecule has 1 aliphatic rings. The SMILES string of the molecule is CC1CCN(c2ccc(NC(=O)C=Cc3ccccc3)cc2C(=O)NCc2ccccc2)CC1. The van der Waals surface area contributed by atoms with Gasteiger partial charge in [0.2, 0.25) is 5.91 Å². The summed E-state index contributed by atoms with van der Waals surface area (Å²) in [5.74, 6) is 0.314. The summed E-state index contributed by atoms with van der Waals surface area (Å²) in [6.07, 6.45) is 5.48. The third kappa shape index (κ3) is 6.35. The van der Waals surface area contributed by atoms with E-state index in [9.17, 15) is 9.59 Å². The molecule has 2 N–H and O–H groups in total. The van der Waals surface area contributed by atoms with Crippen molar-refractivity contribution in [1.29, 1.82) is 0 Å². The molecule has 5 nitrogen and oxygen atoms in total. The second-order valence-electron chi connectivity index (χ2n) is 8.80. The standard InChI is InChI=1S/C29H31N3O2/c1-22-16-18-32(19-17-22)27-14-13-25(31-28(33)15-12-23-8-4-2-5-9-23)20-26(27)29(34)30-21-24-10-6-3-7-11-24/h2-15,20,22H,16-19,21H2,1H3,(H,30,34)(H,31,33). The Labute approximate surface area is 201 Å². The lowest BCUT2D eigenvalue weighted by atomic mass is 9.97. The van der Waals surface area contributed by atoms with Crippen molar-refractivity contribution in [2.75, 3.05) is 23.3 Å². The van der Waals surface area contributed by atoms with E-state index in [1.807, 2.05) is 72.8 Å². The first-order valence-electron chi connectivity index (χ1n) is 11.8. The fraction of sp³-hybridized carbons (Fsp3) is 0.241. The highest BCUT2D eigenvalue weighted by molar-refractivity contribution is 6.05. The van der Waals surface area contributed by atoms with E-state index in [4.69, 9.17) is 0 Å². The van der Waals surface area contributed by atoms with Crippen molar-refractivity contribution < 1.29 is 9.59 Å². The van der Waals surface area contributed by atoms with E-state index in [0.717, 1.165) is 42.7 Å². The Morgan fingerprint density at radius 3 is 2.32 bits per heavy atom. The molecule has 1 aliphatic heterocycles. The van der Waals surface area contributed by atoms with E-state index in [-0.39, 0.29) is 11.8 Å². The number of nitrogens with one attached hydrogen (secondary N) is 2. The van der Waals surface area contributed by atoms with Crippen molar-refractivity contribution in [3.63, 3.8) is 0 Å². The molecule has 0 radical (unpaired) electrons. The third-order valence-corrected chi connectivity index (χ3v) is 6.16. The minimum Gasteiger partial charge on any atom is -0.371 e. The Balaban J connectivity index is 1.52. The van der Waals surface area contributed by atoms with Crippen LogP contribution in [0.3, 0.4) is 0 Å². The first-order chi connectivity index (χ1) is 16.6. The van der Waals surface area contributed by atoms with Crippen molar-refractivity contribution in [3.05, 3.63) is 102 Å². The van der Waals surface area contributed by atoms with E-state index >= 15 is 0 Å². The number of carbonyl (C=O) groups is 2. The van der Waals surface area contributed by atoms with Gasteiger partial charge in [0.15, 0.2) is 0 Å². The molecule has 3 aromatic carbocycles. The van der Waals surface area contributed by atoms with E-state index in [0.29, 0.717) is 23.7 Å². The van der Waals surface area contributed by atoms with Gasteiger partial charge in [0, 0.05) is 37.1 Å². The molecule has 0 aliphatic carbocycles. The van der Waals surface area contributed by atoms with Gasteiger partial charge in [0.05, 0.1) is 5.56 Å². The van der Waals surface area contributed by atoms with Gasteiger partial charge in [-0.15, -0.1) is 0 Å². The summed E-state index contributed by atoms with van der Waals surface area (Å²) < 4.78 is 0. The molecule has 0 saturated carbocycles. The van der Waals surface area contributed by atoms with Gasteiger partial charge in [-0.05, 0) is 54.2 Å². The van der Waals surface area contributed by atoms with Crippen LogP contribution in [0, 0.1) is 5.92 Å². The predicted molar refractivity (Wildman–Crippen MR) is 139 cm³/mol. The van der Waals surface area contributed by atoms with Gasteiger partial charge in [-0.3, -0.25) is 9.59 Å². The minimum absolute atomic E-state index is 0.145. The topological polar surface area (TPSA) is 61.4 Å². The van der Waals surface area contributed by atoms with Crippen LogP contribution in [-0.4, -0.2) is 24.9 Å². The Morgan fingerprint density at radius 2 is 1.62 bits per heavy atom. The molecule has 1 fully saturated rings. The van der Waals surface area contributed by atoms with Gasteiger partial charge in [0.25, 0.3) is 5.91 Å². The van der Waals surface area contributed by atoms with Crippen LogP contribution in [0.5, 0.6) is 0 Å². The average Bonchev–Trinajstić information content (AvgIpc) is 2.88. The molecule has 5 heteroatoms. The number of amides is 2. The molecule has 0 atom stereocenters. The van der Waals surface area contributed by atoms with Gasteiger partial charge < -0.3 is 15.5 Å². The Kier molecular flexibility index (Phi) is 7.76. The number of rotatable bonds is 7. The van der Waals surface area contributed by atoms with Gasteiger partial charge >= 0.3 is 0 Å². The summed E-state index contributed by atoms with van der Waals surface area (Å²) in [4.78, 5) is 28.0. The van der Waals surface area contributed by atoms with Crippen molar-refractivity contribution in [2.24, 2.45) is 5.92 Å². The lowest BCUT2D eigenvalue weighted by molar-refractivity contribution is -0.111. The molecule has 3 aromatic rings. The zero-order valence-corrected chi connectivity index (χ0v) is 19.5. The first kappa shape index (κ1) is 23.3. The molecule has 1 heterocycles. The molecular formula is C29H31N3O2. The van der Waals surface area contributed by atoms with Crippen LogP contribution in [0.15, 0.2) is 84.9 Å². The highest BCUT2D eigenvalue weighted by Gasteiger charge is 2.21. The van der Waals surface area contributed by atoms with Crippen LogP contribution in [0.4, 0.5) is 11.4 Å². The van der Waals surface area contributed by atoms with Crippen molar-refractivity contribution in [3.8, 4) is 0 Å². The van der Waals surface area contributed by atoms with E-state index < -0.39 is 0 Å². The predicted octanol–water partition coefficient (Wildman–Crippen LogP) is 5.50. The number of nitrogens with zero attached hydrogens (tertiary/aromatic N) is 1. The number of benzene rings is 3. The summed E-state index contributed by atoms with van der Waals surface area (Å²) in [6.45, 7) is 4.57. The molecule has 174 valence electrons. The number of piperidine rings is 1. The lowest BCUT2D eigenvalue weighted by Gasteiger charge is -2.33. The van der Waals surface area contributed by atoms with E-state index in [1.54, 1.807) is 12.1 Å². The zero-order valence-electron chi connectivity index (χ0n) is 19.5. The fourth-order valence-electron chi connectivity index (χ4n) is 4.11. The van der Waals surface area contributed by atoms with Crippen molar-refractivity contribution >= 4 is 29.3 Å². The smallest absolute Gasteiger partial charge is 0.253 e. The van der Waals surface area contributed by atoms with Crippen molar-refractivity contribution in [2.45, 2.75) is 26.3 Å². The van der Waals surface area contributed by atoms with Crippen LogP contribution >= 0.6 is 0 Å². The first-order valence-corrected chi connectivity index (χ1v) is 11.8. The van der Waals surface area contributed by atoms with Crippen LogP contribution < -0.4 is 15.5 Å². The second-order valence-corrected chi connectivity index (χ2v) is 8.80. The van der Waals surface area contributed by atoms with Crippen LogP contribution in [0.25, 0.3) is 6.08 Å². The molecule has 0 unspecified atom stereocenters. The number of hydrogen-bond donors (Lipinski definition) is 2. The van der Waals surface area contributed by atoms with Crippen LogP contribution in [0.1, 0.15) is 41.3 Å². The Hall–Kier alpha value is -3.86. The summed E-state index contributed by atoms with van der Waals surface area (Å²) in [5.41, 5.74) is 4.08. The van der Waals surface area contributed by atoms with Gasteiger partial charge in [0.1, 0.15) is 0 Å². The van der Waals surface area contributed by atoms with Crippen LogP contribution in [-0.2, 0) is 11.3 Å². The quantitative estimate of drug-likeness (QED) is 0.464. The average molecular weight is 454 g/mol. The normalized spacial score (nSPS) is 14.2. The third-order valence-electron chi connectivity index (χ3n) is 6.16. The molecule has 1 saturated heterocycles. The molecule has 34 heavy (non-hydrogen) atoms. The van der Waals surface area contributed by atoms with Gasteiger partial charge in [-0.1, -0.05) is 67.6 Å². The maximum absolute atomic E-state index is 13.2. The number of anilines is 2. The number of carbonyl (C=O) groups excluding carboxylic acids is 2. The molecule has 0 spiro atoms. The molecular weight excluding hydrogens is 422 g/mol.